The summed E-state index contributed by atoms with van der Waals surface area (Å²) in [6.45, 7) is 4.85. The van der Waals surface area contributed by atoms with Crippen LogP contribution in [0.4, 0.5) is 0 Å². The van der Waals surface area contributed by atoms with Crippen LogP contribution >= 0.6 is 15.6 Å². The van der Waals surface area contributed by atoms with Crippen molar-refractivity contribution in [3.05, 3.63) is 60.8 Å². The van der Waals surface area contributed by atoms with E-state index in [2.05, 4.69) is 88.5 Å². The maximum Gasteiger partial charge on any atom is 0.472 e. The van der Waals surface area contributed by atoms with Gasteiger partial charge in [-0.1, -0.05) is 294 Å². The molecule has 0 rings (SSSR count). The van der Waals surface area contributed by atoms with E-state index >= 15 is 0 Å². The molecule has 3 N–H and O–H groups in total. The molecule has 0 heterocycles. The largest absolute Gasteiger partial charge is 0.472 e. The van der Waals surface area contributed by atoms with Crippen molar-refractivity contribution < 1.29 is 80.2 Å². The highest BCUT2D eigenvalue weighted by atomic mass is 31.2. The number of unbranched alkanes of at least 4 members (excludes halogenated alkanes) is 41. The molecule has 100 heavy (non-hydrogen) atoms. The van der Waals surface area contributed by atoms with Crippen LogP contribution in [0.5, 0.6) is 0 Å². The lowest BCUT2D eigenvalue weighted by molar-refractivity contribution is -0.161. The van der Waals surface area contributed by atoms with Crippen LogP contribution in [0.2, 0.25) is 0 Å². The summed E-state index contributed by atoms with van der Waals surface area (Å²) in [6, 6.07) is 0. The first-order chi connectivity index (χ1) is 48.7. The second-order valence-corrected chi connectivity index (χ2v) is 30.3. The number of allylic oxidation sites excluding steroid dienone is 10. The normalized spacial score (nSPS) is 14.2. The molecule has 0 aliphatic heterocycles. The third kappa shape index (κ3) is 73.1. The first-order valence-electron chi connectivity index (χ1n) is 40.5. The van der Waals surface area contributed by atoms with Gasteiger partial charge < -0.3 is 33.8 Å². The number of rotatable bonds is 77. The summed E-state index contributed by atoms with van der Waals surface area (Å²) in [7, 11) is -9.95. The van der Waals surface area contributed by atoms with Gasteiger partial charge in [0.2, 0.25) is 0 Å². The molecule has 0 fully saturated rings. The Hall–Kier alpha value is -3.24. The summed E-state index contributed by atoms with van der Waals surface area (Å²) in [5, 5.41) is 10.6. The van der Waals surface area contributed by atoms with Gasteiger partial charge in [0.1, 0.15) is 19.3 Å². The van der Waals surface area contributed by atoms with E-state index in [1.807, 2.05) is 0 Å². The minimum Gasteiger partial charge on any atom is -0.462 e. The molecule has 584 valence electrons. The van der Waals surface area contributed by atoms with Crippen LogP contribution in [0.1, 0.15) is 374 Å². The minimum atomic E-state index is -4.98. The lowest BCUT2D eigenvalue weighted by Gasteiger charge is -2.21. The van der Waals surface area contributed by atoms with Crippen molar-refractivity contribution in [1.29, 1.82) is 0 Å². The zero-order chi connectivity index (χ0) is 73.2. The van der Waals surface area contributed by atoms with E-state index in [0.29, 0.717) is 25.7 Å². The summed E-state index contributed by atoms with van der Waals surface area (Å²) in [4.78, 5) is 73.0. The van der Waals surface area contributed by atoms with Crippen LogP contribution < -0.4 is 0 Å². The molecule has 0 aromatic heterocycles. The van der Waals surface area contributed by atoms with E-state index in [1.54, 1.807) is 0 Å². The van der Waals surface area contributed by atoms with Gasteiger partial charge in [-0.3, -0.25) is 37.3 Å². The van der Waals surface area contributed by atoms with Crippen molar-refractivity contribution in [3.8, 4) is 0 Å². The first kappa shape index (κ1) is 96.8. The number of aliphatic hydroxyl groups is 1. The molecule has 0 aliphatic carbocycles. The van der Waals surface area contributed by atoms with Gasteiger partial charge in [0.15, 0.2) is 12.2 Å². The maximum atomic E-state index is 13.1. The number of ether oxygens (including phenoxy) is 4. The lowest BCUT2D eigenvalue weighted by atomic mass is 10.0. The summed E-state index contributed by atoms with van der Waals surface area (Å²) in [5.41, 5.74) is 0. The monoisotopic (exact) mass is 1460 g/mol. The molecule has 0 radical (unpaired) electrons. The van der Waals surface area contributed by atoms with E-state index in [1.165, 1.54) is 148 Å². The van der Waals surface area contributed by atoms with Gasteiger partial charge in [0.05, 0.1) is 26.4 Å². The summed E-state index contributed by atoms with van der Waals surface area (Å²) < 4.78 is 68.6. The van der Waals surface area contributed by atoms with E-state index in [9.17, 15) is 43.2 Å². The zero-order valence-corrected chi connectivity index (χ0v) is 65.7. The van der Waals surface area contributed by atoms with Gasteiger partial charge in [0, 0.05) is 25.7 Å². The highest BCUT2D eigenvalue weighted by Gasteiger charge is 2.30. The molecule has 5 atom stereocenters. The van der Waals surface area contributed by atoms with E-state index in [0.717, 1.165) is 148 Å². The molecule has 0 spiro atoms. The number of hydrogen-bond donors (Lipinski definition) is 3. The van der Waals surface area contributed by atoms with Gasteiger partial charge in [-0.05, 0) is 116 Å². The van der Waals surface area contributed by atoms with Crippen molar-refractivity contribution in [2.45, 2.75) is 393 Å². The van der Waals surface area contributed by atoms with Crippen molar-refractivity contribution in [2.75, 3.05) is 39.6 Å². The topological polar surface area (TPSA) is 237 Å². The Morgan fingerprint density at radius 1 is 0.280 bits per heavy atom. The molecular formula is C81H148O17P2. The minimum absolute atomic E-state index is 0.0839. The second kappa shape index (κ2) is 74.0. The van der Waals surface area contributed by atoms with Crippen LogP contribution in [0.25, 0.3) is 0 Å². The number of carbonyl (C=O) groups excluding carboxylic acids is 4. The van der Waals surface area contributed by atoms with Crippen LogP contribution in [0, 0.1) is 0 Å². The molecular weight excluding hydrogens is 1310 g/mol. The molecule has 19 heteroatoms. The van der Waals surface area contributed by atoms with E-state index < -0.39 is 97.5 Å². The van der Waals surface area contributed by atoms with Crippen molar-refractivity contribution in [2.24, 2.45) is 0 Å². The predicted octanol–water partition coefficient (Wildman–Crippen LogP) is 23.5. The Balaban J connectivity index is 5.35. The van der Waals surface area contributed by atoms with Crippen LogP contribution in [0.3, 0.4) is 0 Å². The Morgan fingerprint density at radius 2 is 0.490 bits per heavy atom. The number of carbonyl (C=O) groups is 4. The molecule has 0 saturated heterocycles. The summed E-state index contributed by atoms with van der Waals surface area (Å²) in [5.74, 6) is -2.18. The highest BCUT2D eigenvalue weighted by Crippen LogP contribution is 2.45. The number of phosphoric acid groups is 2. The Morgan fingerprint density at radius 3 is 0.770 bits per heavy atom. The van der Waals surface area contributed by atoms with Gasteiger partial charge in [0.25, 0.3) is 0 Å². The molecule has 0 bridgehead atoms. The van der Waals surface area contributed by atoms with Gasteiger partial charge in [-0.15, -0.1) is 0 Å². The number of aliphatic hydroxyl groups excluding tert-OH is 1. The third-order valence-electron chi connectivity index (χ3n) is 17.5. The van der Waals surface area contributed by atoms with Crippen LogP contribution in [-0.4, -0.2) is 96.7 Å². The Labute approximate surface area is 610 Å². The summed E-state index contributed by atoms with van der Waals surface area (Å²) in [6.07, 6.45) is 73.3. The average molecular weight is 1460 g/mol. The van der Waals surface area contributed by atoms with Crippen LogP contribution in [-0.2, 0) is 65.4 Å². The fraction of sp³-hybridized carbons (Fsp3) is 0.827. The molecule has 0 aromatic carbocycles. The predicted molar refractivity (Wildman–Crippen MR) is 409 cm³/mol. The standard InChI is InChI=1S/C81H148O17P2/c1-5-9-13-17-21-25-29-33-37-41-45-49-53-57-61-65-78(83)91-71-76(97-80(85)67-63-59-55-51-47-43-39-35-31-27-23-19-15-11-7-3)73-95-99(87,88)93-69-75(82)70-94-100(89,90)96-74-77(98-81(86)68-64-60-56-52-48-44-40-36-32-28-24-20-16-12-8-4)72-92-79(84)66-62-58-54-50-46-42-38-34-30-26-22-18-14-10-6-2/h21,24-25,28,33,35-37,39-40,75-77,82H,5-20,22-23,26-27,29-32,34,38,41-74H2,1-4H3,(H,87,88)(H,89,90)/b25-21-,28-24-,37-33-,39-35-,40-36-/t75-,76-,77-/m1/s1. The number of esters is 4. The first-order valence-corrected chi connectivity index (χ1v) is 43.5. The molecule has 0 amide bonds. The smallest absolute Gasteiger partial charge is 0.462 e. The van der Waals surface area contributed by atoms with E-state index in [-0.39, 0.29) is 25.7 Å². The third-order valence-corrected chi connectivity index (χ3v) is 19.4. The number of hydrogen-bond acceptors (Lipinski definition) is 15. The zero-order valence-electron chi connectivity index (χ0n) is 63.9. The Bertz CT molecular complexity index is 2130. The van der Waals surface area contributed by atoms with E-state index in [4.69, 9.17) is 37.0 Å². The summed E-state index contributed by atoms with van der Waals surface area (Å²) >= 11 is 0. The fourth-order valence-corrected chi connectivity index (χ4v) is 12.8. The Kier molecular flexibility index (Phi) is 71.6. The molecule has 0 saturated carbocycles. The SMILES string of the molecule is CCCCC/C=C\C/C=C\CCCCCCCC(=O)OC[C@H](COP(=O)(O)OC[C@@H](O)COP(=O)(O)OC[C@@H](COC(=O)CCCCCCCCCCCCCCCCC)OC(=O)CCCCCCC/C=C\C/C=C\CCCCC)OC(=O)CCCCCCC/C=C\CCCCCCCC. The van der Waals surface area contributed by atoms with Crippen molar-refractivity contribution >= 4 is 39.5 Å². The van der Waals surface area contributed by atoms with Crippen molar-refractivity contribution in [1.82, 2.24) is 0 Å². The quantitative estimate of drug-likeness (QED) is 0.0169. The van der Waals surface area contributed by atoms with Gasteiger partial charge in [-0.25, -0.2) is 9.13 Å². The molecule has 17 nitrogen and oxygen atoms in total. The molecule has 0 aromatic rings. The van der Waals surface area contributed by atoms with Crippen molar-refractivity contribution in [3.63, 3.8) is 0 Å². The lowest BCUT2D eigenvalue weighted by Crippen LogP contribution is -2.30. The highest BCUT2D eigenvalue weighted by molar-refractivity contribution is 7.47. The van der Waals surface area contributed by atoms with Gasteiger partial charge >= 0.3 is 39.5 Å². The van der Waals surface area contributed by atoms with Gasteiger partial charge in [-0.2, -0.15) is 0 Å². The number of phosphoric ester groups is 2. The maximum absolute atomic E-state index is 13.1. The fourth-order valence-electron chi connectivity index (χ4n) is 11.2. The average Bonchev–Trinajstić information content (AvgIpc) is 1.01. The second-order valence-electron chi connectivity index (χ2n) is 27.4. The molecule has 0 aliphatic rings. The molecule has 2 unspecified atom stereocenters. The van der Waals surface area contributed by atoms with Crippen LogP contribution in [0.15, 0.2) is 60.8 Å².